The highest BCUT2D eigenvalue weighted by atomic mass is 28.3. The fraction of sp³-hybridized carbons (Fsp3) is 1.00. The van der Waals surface area contributed by atoms with Crippen LogP contribution in [-0.4, -0.2) is 14.8 Å². The summed E-state index contributed by atoms with van der Waals surface area (Å²) in [4.78, 5) is 0. The van der Waals surface area contributed by atoms with Crippen LogP contribution in [0, 0.1) is 5.92 Å². The van der Waals surface area contributed by atoms with Gasteiger partial charge in [-0.25, -0.2) is 0 Å². The third-order valence-corrected chi connectivity index (χ3v) is 11.9. The number of rotatable bonds is 2. The summed E-state index contributed by atoms with van der Waals surface area (Å²) in [6, 6.07) is 0. The predicted octanol–water partition coefficient (Wildman–Crippen LogP) is 5.42. The summed E-state index contributed by atoms with van der Waals surface area (Å²) in [5.41, 5.74) is 2.00. The SMILES string of the molecule is CC(C)C(C)(C)B1C[C@H](C)[Si](C)(C)[C@@H](C)C1. The highest BCUT2D eigenvalue weighted by Gasteiger charge is 2.47. The maximum absolute atomic E-state index is 2.60. The van der Waals surface area contributed by atoms with Crippen molar-refractivity contribution >= 4 is 14.8 Å². The molecule has 1 aliphatic heterocycles. The van der Waals surface area contributed by atoms with E-state index in [4.69, 9.17) is 0 Å². The predicted molar refractivity (Wildman–Crippen MR) is 80.6 cm³/mol. The van der Waals surface area contributed by atoms with Crippen LogP contribution in [0.25, 0.3) is 0 Å². The molecule has 0 unspecified atom stereocenters. The van der Waals surface area contributed by atoms with Crippen molar-refractivity contribution in [2.75, 3.05) is 0 Å². The van der Waals surface area contributed by atoms with E-state index >= 15 is 0 Å². The lowest BCUT2D eigenvalue weighted by Gasteiger charge is -2.48. The van der Waals surface area contributed by atoms with Crippen molar-refractivity contribution in [3.63, 3.8) is 0 Å². The molecule has 1 heterocycles. The Balaban J connectivity index is 2.83. The fourth-order valence-electron chi connectivity index (χ4n) is 3.12. The quantitative estimate of drug-likeness (QED) is 0.563. The zero-order valence-corrected chi connectivity index (χ0v) is 13.7. The van der Waals surface area contributed by atoms with E-state index in [9.17, 15) is 0 Å². The van der Waals surface area contributed by atoms with Crippen LogP contribution in [0.4, 0.5) is 0 Å². The second kappa shape index (κ2) is 4.51. The van der Waals surface area contributed by atoms with E-state index < -0.39 is 8.07 Å². The van der Waals surface area contributed by atoms with E-state index in [0.29, 0.717) is 5.31 Å². The molecule has 2 atom stereocenters. The molecule has 0 radical (unpaired) electrons. The van der Waals surface area contributed by atoms with Gasteiger partial charge in [0.25, 0.3) is 0 Å². The van der Waals surface area contributed by atoms with Gasteiger partial charge in [0.05, 0.1) is 8.07 Å². The standard InChI is InChI=1S/C14H31BSi/c1-11(2)14(5,6)15-9-12(3)16(7,8)13(4)10-15/h11-13H,9-10H2,1-8H3/t12-,13-/m0/s1. The van der Waals surface area contributed by atoms with E-state index in [1.54, 1.807) is 0 Å². The van der Waals surface area contributed by atoms with Crippen molar-refractivity contribution in [1.29, 1.82) is 0 Å². The Morgan fingerprint density at radius 3 is 1.75 bits per heavy atom. The minimum Gasteiger partial charge on any atom is -0.0735 e. The zero-order valence-electron chi connectivity index (χ0n) is 12.7. The highest BCUT2D eigenvalue weighted by molar-refractivity contribution is 6.85. The molecule has 0 bridgehead atoms. The van der Waals surface area contributed by atoms with Crippen LogP contribution in [-0.2, 0) is 0 Å². The summed E-state index contributed by atoms with van der Waals surface area (Å²) in [7, 11) is -0.953. The summed E-state index contributed by atoms with van der Waals surface area (Å²) in [5.74, 6) is 0.805. The third kappa shape index (κ3) is 2.42. The van der Waals surface area contributed by atoms with Crippen LogP contribution >= 0.6 is 0 Å². The van der Waals surface area contributed by atoms with Gasteiger partial charge in [-0.15, -0.1) is 0 Å². The van der Waals surface area contributed by atoms with E-state index in [0.717, 1.165) is 23.7 Å². The molecule has 0 aliphatic carbocycles. The van der Waals surface area contributed by atoms with Crippen LogP contribution in [0.5, 0.6) is 0 Å². The molecule has 0 N–H and O–H groups in total. The lowest BCUT2D eigenvalue weighted by molar-refractivity contribution is 0.459. The summed E-state index contributed by atoms with van der Waals surface area (Å²) < 4.78 is 0. The molecule has 1 aliphatic rings. The third-order valence-electron chi connectivity index (χ3n) is 6.36. The fourth-order valence-corrected chi connectivity index (χ4v) is 5.88. The molecule has 0 saturated carbocycles. The van der Waals surface area contributed by atoms with Gasteiger partial charge in [-0.1, -0.05) is 83.7 Å². The molecule has 0 aromatic rings. The van der Waals surface area contributed by atoms with Gasteiger partial charge in [0.15, 0.2) is 0 Å². The van der Waals surface area contributed by atoms with Crippen LogP contribution < -0.4 is 0 Å². The van der Waals surface area contributed by atoms with Crippen molar-refractivity contribution in [3.8, 4) is 0 Å². The second-order valence-corrected chi connectivity index (χ2v) is 13.4. The van der Waals surface area contributed by atoms with Crippen LogP contribution in [0.3, 0.4) is 0 Å². The van der Waals surface area contributed by atoms with Gasteiger partial charge in [0, 0.05) is 0 Å². The molecule has 2 heteroatoms. The van der Waals surface area contributed by atoms with Crippen molar-refractivity contribution in [2.45, 2.75) is 83.7 Å². The Morgan fingerprint density at radius 2 is 1.44 bits per heavy atom. The van der Waals surface area contributed by atoms with Crippen molar-refractivity contribution < 1.29 is 0 Å². The molecule has 1 saturated heterocycles. The molecule has 94 valence electrons. The van der Waals surface area contributed by atoms with Gasteiger partial charge in [0.2, 0.25) is 0 Å². The Bertz CT molecular complexity index is 231. The molecule has 0 aromatic heterocycles. The molecule has 1 rings (SSSR count). The van der Waals surface area contributed by atoms with Gasteiger partial charge >= 0.3 is 0 Å². The number of hydrogen-bond acceptors (Lipinski definition) is 0. The first-order valence-corrected chi connectivity index (χ1v) is 10.3. The van der Waals surface area contributed by atoms with Gasteiger partial charge in [-0.3, -0.25) is 0 Å². The van der Waals surface area contributed by atoms with Gasteiger partial charge in [0.1, 0.15) is 6.71 Å². The molecule has 0 amide bonds. The lowest BCUT2D eigenvalue weighted by Crippen LogP contribution is -2.47. The Kier molecular flexibility index (Phi) is 4.05. The van der Waals surface area contributed by atoms with Crippen molar-refractivity contribution in [3.05, 3.63) is 0 Å². The molecule has 16 heavy (non-hydrogen) atoms. The largest absolute Gasteiger partial charge is 0.146 e. The molecular formula is C14H31BSi. The first-order chi connectivity index (χ1) is 7.10. The maximum Gasteiger partial charge on any atom is 0.146 e. The Labute approximate surface area is 105 Å². The summed E-state index contributed by atoms with van der Waals surface area (Å²) in [5, 5.41) is 0.521. The summed E-state index contributed by atoms with van der Waals surface area (Å²) in [6.45, 7) is 20.9. The average Bonchev–Trinajstić information content (AvgIpc) is 2.13. The van der Waals surface area contributed by atoms with Crippen molar-refractivity contribution in [1.82, 2.24) is 0 Å². The summed E-state index contributed by atoms with van der Waals surface area (Å²) >= 11 is 0. The van der Waals surface area contributed by atoms with Crippen LogP contribution in [0.2, 0.25) is 42.1 Å². The normalized spacial score (nSPS) is 30.9. The van der Waals surface area contributed by atoms with Crippen LogP contribution in [0.1, 0.15) is 41.5 Å². The Hall–Kier alpha value is 0.282. The maximum atomic E-state index is 2.60. The molecule has 0 spiro atoms. The average molecular weight is 238 g/mol. The molecule has 0 nitrogen and oxygen atoms in total. The van der Waals surface area contributed by atoms with E-state index in [1.807, 2.05) is 0 Å². The minimum atomic E-state index is -0.953. The Morgan fingerprint density at radius 1 is 1.06 bits per heavy atom. The zero-order chi connectivity index (χ0) is 12.7. The van der Waals surface area contributed by atoms with E-state index in [1.165, 1.54) is 12.6 Å². The van der Waals surface area contributed by atoms with E-state index in [-0.39, 0.29) is 0 Å². The van der Waals surface area contributed by atoms with E-state index in [2.05, 4.69) is 54.6 Å². The topological polar surface area (TPSA) is 0 Å². The number of hydrogen-bond donors (Lipinski definition) is 0. The van der Waals surface area contributed by atoms with Gasteiger partial charge in [-0.05, 0) is 5.92 Å². The second-order valence-electron chi connectivity index (χ2n) is 7.77. The lowest BCUT2D eigenvalue weighted by atomic mass is 9.28. The first kappa shape index (κ1) is 14.3. The molecular weight excluding hydrogens is 207 g/mol. The van der Waals surface area contributed by atoms with Crippen molar-refractivity contribution in [2.24, 2.45) is 5.92 Å². The van der Waals surface area contributed by atoms with Gasteiger partial charge < -0.3 is 0 Å². The monoisotopic (exact) mass is 238 g/mol. The van der Waals surface area contributed by atoms with Crippen LogP contribution in [0.15, 0.2) is 0 Å². The minimum absolute atomic E-state index is 0.521. The smallest absolute Gasteiger partial charge is 0.0735 e. The first-order valence-electron chi connectivity index (χ1n) is 7.10. The van der Waals surface area contributed by atoms with Gasteiger partial charge in [-0.2, -0.15) is 0 Å². The highest BCUT2D eigenvalue weighted by Crippen LogP contribution is 2.52. The summed E-state index contributed by atoms with van der Waals surface area (Å²) in [6.07, 6.45) is 2.96. The molecule has 1 fully saturated rings. The molecule has 0 aromatic carbocycles.